The van der Waals surface area contributed by atoms with Crippen molar-refractivity contribution in [1.29, 1.82) is 0 Å². The fraction of sp³-hybridized carbons (Fsp3) is 0.267. The number of hydrogen-bond donors (Lipinski definition) is 1. The van der Waals surface area contributed by atoms with Crippen LogP contribution in [0.25, 0.3) is 0 Å². The molecule has 0 atom stereocenters. The van der Waals surface area contributed by atoms with E-state index in [-0.39, 0.29) is 0 Å². The first kappa shape index (κ1) is 13.0. The Labute approximate surface area is 125 Å². The van der Waals surface area contributed by atoms with E-state index in [4.69, 9.17) is 5.73 Å². The zero-order valence-electron chi connectivity index (χ0n) is 10.7. The lowest BCUT2D eigenvalue weighted by molar-refractivity contribution is 0.911. The molecule has 0 fully saturated rings. The van der Waals surface area contributed by atoms with Crippen LogP contribution in [-0.4, -0.2) is 4.98 Å². The Morgan fingerprint density at radius 2 is 2.05 bits per heavy atom. The topological polar surface area (TPSA) is 38.9 Å². The number of aryl methyl sites for hydroxylation is 2. The van der Waals surface area contributed by atoms with E-state index in [1.54, 1.807) is 18.0 Å². The second-order valence-corrected chi connectivity index (χ2v) is 6.70. The summed E-state index contributed by atoms with van der Waals surface area (Å²) in [7, 11) is 0. The minimum Gasteiger partial charge on any atom is -0.397 e. The van der Waals surface area contributed by atoms with Crippen LogP contribution in [0, 0.1) is 6.92 Å². The smallest absolute Gasteiger partial charge is 0.115 e. The summed E-state index contributed by atoms with van der Waals surface area (Å²) in [6.07, 6.45) is 5.45. The lowest BCUT2D eigenvalue weighted by Crippen LogP contribution is -1.94. The van der Waals surface area contributed by atoms with Gasteiger partial charge in [0.25, 0.3) is 0 Å². The van der Waals surface area contributed by atoms with Crippen molar-refractivity contribution in [3.8, 4) is 0 Å². The van der Waals surface area contributed by atoms with Crippen LogP contribution in [0.4, 0.5) is 5.69 Å². The Bertz CT molecular complexity index is 640. The molecule has 4 heteroatoms. The van der Waals surface area contributed by atoms with Crippen LogP contribution >= 0.6 is 27.7 Å². The summed E-state index contributed by atoms with van der Waals surface area (Å²) in [6, 6.07) is 6.74. The summed E-state index contributed by atoms with van der Waals surface area (Å²) in [5.74, 6) is 0. The van der Waals surface area contributed by atoms with Gasteiger partial charge in [-0.3, -0.25) is 0 Å². The highest BCUT2D eigenvalue weighted by Gasteiger charge is 2.13. The highest BCUT2D eigenvalue weighted by Crippen LogP contribution is 2.36. The molecule has 0 saturated heterocycles. The van der Waals surface area contributed by atoms with Crippen LogP contribution in [0.3, 0.4) is 0 Å². The average molecular weight is 335 g/mol. The van der Waals surface area contributed by atoms with Crippen molar-refractivity contribution in [2.45, 2.75) is 36.1 Å². The van der Waals surface area contributed by atoms with E-state index in [9.17, 15) is 0 Å². The minimum atomic E-state index is 0.727. The number of halogens is 1. The van der Waals surface area contributed by atoms with Crippen LogP contribution in [-0.2, 0) is 12.8 Å². The Kier molecular flexibility index (Phi) is 3.54. The minimum absolute atomic E-state index is 0.727. The van der Waals surface area contributed by atoms with Gasteiger partial charge in [-0.1, -0.05) is 17.8 Å². The van der Waals surface area contributed by atoms with Gasteiger partial charge in [0.1, 0.15) is 5.03 Å². The number of hydrogen-bond acceptors (Lipinski definition) is 3. The number of fused-ring (bicyclic) bond motifs is 1. The zero-order chi connectivity index (χ0) is 13.4. The van der Waals surface area contributed by atoms with Gasteiger partial charge in [-0.15, -0.1) is 0 Å². The summed E-state index contributed by atoms with van der Waals surface area (Å²) in [5.41, 5.74) is 10.6. The van der Waals surface area contributed by atoms with Crippen molar-refractivity contribution in [2.24, 2.45) is 0 Å². The molecule has 0 unspecified atom stereocenters. The van der Waals surface area contributed by atoms with Crippen molar-refractivity contribution in [2.75, 3.05) is 5.73 Å². The number of benzene rings is 1. The van der Waals surface area contributed by atoms with Crippen molar-refractivity contribution < 1.29 is 0 Å². The molecule has 0 aliphatic heterocycles. The molecule has 19 heavy (non-hydrogen) atoms. The second-order valence-electron chi connectivity index (χ2n) is 4.84. The number of pyridine rings is 1. The van der Waals surface area contributed by atoms with Crippen LogP contribution in [0.5, 0.6) is 0 Å². The molecule has 2 N–H and O–H groups in total. The molecule has 1 aliphatic rings. The van der Waals surface area contributed by atoms with E-state index in [2.05, 4.69) is 39.1 Å². The van der Waals surface area contributed by atoms with E-state index in [0.717, 1.165) is 20.7 Å². The van der Waals surface area contributed by atoms with E-state index in [1.807, 2.05) is 6.92 Å². The first-order valence-corrected chi connectivity index (χ1v) is 7.96. The molecule has 1 aromatic heterocycles. The van der Waals surface area contributed by atoms with E-state index in [1.165, 1.54) is 35.3 Å². The monoisotopic (exact) mass is 334 g/mol. The van der Waals surface area contributed by atoms with E-state index >= 15 is 0 Å². The SMILES string of the molecule is Cc1c(N)cnc(Sc2ccc3c(c2)CCC3)c1Br. The lowest BCUT2D eigenvalue weighted by atomic mass is 10.1. The Morgan fingerprint density at radius 3 is 2.89 bits per heavy atom. The molecule has 3 rings (SSSR count). The molecule has 0 radical (unpaired) electrons. The highest BCUT2D eigenvalue weighted by molar-refractivity contribution is 9.10. The second kappa shape index (κ2) is 5.17. The number of nitrogens with zero attached hydrogens (tertiary/aromatic N) is 1. The van der Waals surface area contributed by atoms with Crippen molar-refractivity contribution in [3.63, 3.8) is 0 Å². The number of nitrogen functional groups attached to an aromatic ring is 1. The van der Waals surface area contributed by atoms with Crippen LogP contribution < -0.4 is 5.73 Å². The molecule has 1 aromatic carbocycles. The van der Waals surface area contributed by atoms with Crippen LogP contribution in [0.1, 0.15) is 23.1 Å². The maximum atomic E-state index is 5.85. The fourth-order valence-corrected chi connectivity index (χ4v) is 3.85. The highest BCUT2D eigenvalue weighted by atomic mass is 79.9. The van der Waals surface area contributed by atoms with Gasteiger partial charge in [-0.25, -0.2) is 4.98 Å². The zero-order valence-corrected chi connectivity index (χ0v) is 13.1. The molecule has 98 valence electrons. The maximum Gasteiger partial charge on any atom is 0.115 e. The van der Waals surface area contributed by atoms with E-state index in [0.29, 0.717) is 0 Å². The number of aromatic nitrogens is 1. The molecule has 2 aromatic rings. The van der Waals surface area contributed by atoms with Gasteiger partial charge in [-0.2, -0.15) is 0 Å². The van der Waals surface area contributed by atoms with Gasteiger partial charge >= 0.3 is 0 Å². The first-order valence-electron chi connectivity index (χ1n) is 6.35. The average Bonchev–Trinajstić information content (AvgIpc) is 2.87. The molecule has 0 saturated carbocycles. The van der Waals surface area contributed by atoms with Crippen molar-refractivity contribution >= 4 is 33.4 Å². The van der Waals surface area contributed by atoms with Gasteiger partial charge < -0.3 is 5.73 Å². The third-order valence-electron chi connectivity index (χ3n) is 3.56. The quantitative estimate of drug-likeness (QED) is 0.885. The molecular formula is C15H15BrN2S. The Balaban J connectivity index is 1.91. The summed E-state index contributed by atoms with van der Waals surface area (Å²) in [4.78, 5) is 5.67. The number of nitrogens with two attached hydrogens (primary N) is 1. The fourth-order valence-electron chi connectivity index (χ4n) is 2.36. The predicted molar refractivity (Wildman–Crippen MR) is 83.7 cm³/mol. The third-order valence-corrected chi connectivity index (χ3v) is 5.78. The summed E-state index contributed by atoms with van der Waals surface area (Å²) in [5, 5.41) is 0.977. The van der Waals surface area contributed by atoms with Gasteiger partial charge in [0, 0.05) is 4.90 Å². The molecule has 0 amide bonds. The van der Waals surface area contributed by atoms with Crippen LogP contribution in [0.2, 0.25) is 0 Å². The Morgan fingerprint density at radius 1 is 1.26 bits per heavy atom. The molecule has 1 heterocycles. The van der Waals surface area contributed by atoms with Gasteiger partial charge in [0.05, 0.1) is 16.4 Å². The standard InChI is InChI=1S/C15H15BrN2S/c1-9-13(17)8-18-15(14(9)16)19-12-6-5-10-3-2-4-11(10)7-12/h5-8H,2-4,17H2,1H3. The summed E-state index contributed by atoms with van der Waals surface area (Å²) < 4.78 is 0.998. The van der Waals surface area contributed by atoms with Crippen molar-refractivity contribution in [3.05, 3.63) is 45.6 Å². The van der Waals surface area contributed by atoms with Crippen LogP contribution in [0.15, 0.2) is 38.8 Å². The normalized spacial score (nSPS) is 13.6. The number of rotatable bonds is 2. The summed E-state index contributed by atoms with van der Waals surface area (Å²) in [6.45, 7) is 2.01. The summed E-state index contributed by atoms with van der Waals surface area (Å²) >= 11 is 5.28. The third kappa shape index (κ3) is 2.51. The van der Waals surface area contributed by atoms with Gasteiger partial charge in [0.2, 0.25) is 0 Å². The number of anilines is 1. The van der Waals surface area contributed by atoms with Gasteiger partial charge in [0.15, 0.2) is 0 Å². The van der Waals surface area contributed by atoms with E-state index < -0.39 is 0 Å². The molecule has 1 aliphatic carbocycles. The Hall–Kier alpha value is -1.00. The largest absolute Gasteiger partial charge is 0.397 e. The molecular weight excluding hydrogens is 320 g/mol. The molecule has 0 bridgehead atoms. The first-order chi connectivity index (χ1) is 9.15. The lowest BCUT2D eigenvalue weighted by Gasteiger charge is -2.09. The van der Waals surface area contributed by atoms with Gasteiger partial charge in [-0.05, 0) is 70.9 Å². The van der Waals surface area contributed by atoms with Crippen molar-refractivity contribution in [1.82, 2.24) is 4.98 Å². The predicted octanol–water partition coefficient (Wildman–Crippen LogP) is 4.37. The maximum absolute atomic E-state index is 5.85. The molecule has 0 spiro atoms. The molecule has 2 nitrogen and oxygen atoms in total.